The minimum Gasteiger partial charge on any atom is -0.343 e. The van der Waals surface area contributed by atoms with Gasteiger partial charge < -0.3 is 10.2 Å². The molecule has 1 aliphatic rings. The molecule has 1 aliphatic heterocycles. The van der Waals surface area contributed by atoms with Crippen molar-refractivity contribution in [3.05, 3.63) is 83.2 Å². The molecule has 4 aromatic rings. The van der Waals surface area contributed by atoms with Gasteiger partial charge in [-0.25, -0.2) is 0 Å². The van der Waals surface area contributed by atoms with Gasteiger partial charge >= 0.3 is 12.4 Å². The number of alkyl halides is 6. The summed E-state index contributed by atoms with van der Waals surface area (Å²) in [5.41, 5.74) is 1.72. The average molecular weight is 604 g/mol. The first-order valence-electron chi connectivity index (χ1n) is 13.6. The van der Waals surface area contributed by atoms with Crippen molar-refractivity contribution in [3.8, 4) is 11.3 Å². The Balaban J connectivity index is 1.30. The highest BCUT2D eigenvalue weighted by atomic mass is 19.4. The number of likely N-dealkylation sites (tertiary alicyclic amines) is 1. The maximum absolute atomic E-state index is 13.5. The number of nitrogens with one attached hydrogen (secondary N) is 1. The third kappa shape index (κ3) is 6.81. The second-order valence-electron chi connectivity index (χ2n) is 10.5. The van der Waals surface area contributed by atoms with Gasteiger partial charge in [-0.15, -0.1) is 0 Å². The summed E-state index contributed by atoms with van der Waals surface area (Å²) in [5.74, 6) is -1.01. The van der Waals surface area contributed by atoms with Crippen LogP contribution >= 0.6 is 0 Å². The highest BCUT2D eigenvalue weighted by Gasteiger charge is 2.31. The molecule has 1 atom stereocenters. The number of piperidine rings is 1. The Bertz CT molecular complexity index is 1630. The second-order valence-corrected chi connectivity index (χ2v) is 10.5. The molecule has 2 aromatic heterocycles. The molecule has 226 valence electrons. The molecule has 2 aromatic carbocycles. The summed E-state index contributed by atoms with van der Waals surface area (Å²) in [5, 5.41) is 7.09. The van der Waals surface area contributed by atoms with E-state index in [9.17, 15) is 35.9 Å². The van der Waals surface area contributed by atoms with Crippen LogP contribution in [0.3, 0.4) is 0 Å². The Morgan fingerprint density at radius 1 is 0.977 bits per heavy atom. The van der Waals surface area contributed by atoms with E-state index < -0.39 is 30.4 Å². The number of pyridine rings is 1. The van der Waals surface area contributed by atoms with E-state index in [-0.39, 0.29) is 17.5 Å². The van der Waals surface area contributed by atoms with E-state index in [4.69, 9.17) is 0 Å². The number of rotatable bonds is 6. The minimum atomic E-state index is -4.52. The number of hydrogen-bond donors (Lipinski definition) is 1. The number of aromatic nitrogens is 3. The molecule has 43 heavy (non-hydrogen) atoms. The lowest BCUT2D eigenvalue weighted by Crippen LogP contribution is -2.45. The molecular formula is C30H27F6N5O2. The largest absolute Gasteiger partial charge is 0.417 e. The molecule has 0 bridgehead atoms. The SMILES string of the molecule is Cc1c(C(=O)NCC(F)(F)F)ccc2nn(CC3CCCCN3C(=O)c3ccc(-c4ccc(C(F)(F)F)cn4)cc3)cc12. The predicted octanol–water partition coefficient (Wildman–Crippen LogP) is 6.41. The summed E-state index contributed by atoms with van der Waals surface area (Å²) in [6, 6.07) is 11.6. The van der Waals surface area contributed by atoms with Crippen molar-refractivity contribution >= 4 is 22.7 Å². The van der Waals surface area contributed by atoms with Crippen LogP contribution in [0.4, 0.5) is 26.3 Å². The Labute approximate surface area is 242 Å². The quantitative estimate of drug-likeness (QED) is 0.258. The van der Waals surface area contributed by atoms with Crippen LogP contribution in [0.1, 0.15) is 51.1 Å². The van der Waals surface area contributed by atoms with Crippen LogP contribution < -0.4 is 5.32 Å². The first-order valence-corrected chi connectivity index (χ1v) is 13.6. The maximum atomic E-state index is 13.5. The van der Waals surface area contributed by atoms with Crippen LogP contribution in [-0.2, 0) is 12.7 Å². The lowest BCUT2D eigenvalue weighted by molar-refractivity contribution is -0.137. The lowest BCUT2D eigenvalue weighted by Gasteiger charge is -2.35. The predicted molar refractivity (Wildman–Crippen MR) is 146 cm³/mol. The summed E-state index contributed by atoms with van der Waals surface area (Å²) in [7, 11) is 0. The van der Waals surface area contributed by atoms with Crippen LogP contribution in [0.5, 0.6) is 0 Å². The Morgan fingerprint density at radius 2 is 1.72 bits per heavy atom. The Hall–Kier alpha value is -4.42. The molecule has 1 saturated heterocycles. The van der Waals surface area contributed by atoms with Gasteiger partial charge in [0.25, 0.3) is 11.8 Å². The van der Waals surface area contributed by atoms with E-state index in [1.54, 1.807) is 53.0 Å². The van der Waals surface area contributed by atoms with Gasteiger partial charge in [-0.3, -0.25) is 19.3 Å². The van der Waals surface area contributed by atoms with Crippen LogP contribution in [-0.4, -0.2) is 56.8 Å². The van der Waals surface area contributed by atoms with Crippen LogP contribution in [0.2, 0.25) is 0 Å². The zero-order chi connectivity index (χ0) is 30.9. The highest BCUT2D eigenvalue weighted by molar-refractivity contribution is 6.00. The molecule has 13 heteroatoms. The number of carbonyl (C=O) groups excluding carboxylic acids is 2. The number of benzene rings is 2. The molecule has 1 fully saturated rings. The summed E-state index contributed by atoms with van der Waals surface area (Å²) >= 11 is 0. The Morgan fingerprint density at radius 3 is 2.37 bits per heavy atom. The standard InChI is InChI=1S/C30H27F6N5O2/c1-18-23(27(42)38-17-29(31,32)33)10-12-26-24(18)16-40(39-26)15-22-4-2-3-13-41(22)28(43)20-7-5-19(6-8-20)25-11-9-21(14-37-25)30(34,35)36/h5-12,14,16,22H,2-4,13,15,17H2,1H3,(H,38,42). The fourth-order valence-electron chi connectivity index (χ4n) is 5.25. The van der Waals surface area contributed by atoms with Crippen molar-refractivity contribution in [2.75, 3.05) is 13.1 Å². The fraction of sp³-hybridized carbons (Fsp3) is 0.333. The minimum absolute atomic E-state index is 0.126. The van der Waals surface area contributed by atoms with Gasteiger partial charge in [-0.1, -0.05) is 12.1 Å². The zero-order valence-electron chi connectivity index (χ0n) is 23.0. The van der Waals surface area contributed by atoms with Gasteiger partial charge in [-0.05, 0) is 68.1 Å². The van der Waals surface area contributed by atoms with Crippen molar-refractivity contribution in [2.45, 2.75) is 51.1 Å². The maximum Gasteiger partial charge on any atom is 0.417 e. The average Bonchev–Trinajstić information content (AvgIpc) is 3.39. The zero-order valence-corrected chi connectivity index (χ0v) is 23.0. The van der Waals surface area contributed by atoms with E-state index in [1.807, 2.05) is 5.32 Å². The molecule has 7 nitrogen and oxygen atoms in total. The molecule has 0 aliphatic carbocycles. The first-order chi connectivity index (χ1) is 20.3. The number of nitrogens with zero attached hydrogens (tertiary/aromatic N) is 4. The van der Waals surface area contributed by atoms with Crippen molar-refractivity contribution in [2.24, 2.45) is 0 Å². The lowest BCUT2D eigenvalue weighted by atomic mass is 10.00. The van der Waals surface area contributed by atoms with Crippen molar-refractivity contribution in [3.63, 3.8) is 0 Å². The molecular weight excluding hydrogens is 576 g/mol. The summed E-state index contributed by atoms with van der Waals surface area (Å²) in [6.07, 6.45) is -4.02. The van der Waals surface area contributed by atoms with Crippen LogP contribution in [0.25, 0.3) is 22.2 Å². The topological polar surface area (TPSA) is 80.1 Å². The number of halogens is 6. The van der Waals surface area contributed by atoms with Gasteiger partial charge in [0, 0.05) is 41.0 Å². The molecule has 3 heterocycles. The smallest absolute Gasteiger partial charge is 0.343 e. The molecule has 2 amide bonds. The molecule has 1 unspecified atom stereocenters. The van der Waals surface area contributed by atoms with E-state index in [1.165, 1.54) is 12.1 Å². The number of aryl methyl sites for hydroxylation is 1. The van der Waals surface area contributed by atoms with Crippen molar-refractivity contribution in [1.29, 1.82) is 0 Å². The normalized spacial score (nSPS) is 16.0. The van der Waals surface area contributed by atoms with E-state index >= 15 is 0 Å². The third-order valence-corrected chi connectivity index (χ3v) is 7.50. The van der Waals surface area contributed by atoms with Gasteiger partial charge in [-0.2, -0.15) is 31.4 Å². The fourth-order valence-corrected chi connectivity index (χ4v) is 5.25. The second kappa shape index (κ2) is 11.7. The number of fused-ring (bicyclic) bond motifs is 1. The first kappa shape index (κ1) is 30.1. The molecule has 0 saturated carbocycles. The summed E-state index contributed by atoms with van der Waals surface area (Å²) in [6.45, 7) is 1.14. The van der Waals surface area contributed by atoms with Gasteiger partial charge in [0.05, 0.1) is 29.4 Å². The summed E-state index contributed by atoms with van der Waals surface area (Å²) in [4.78, 5) is 31.6. The van der Waals surface area contributed by atoms with Crippen LogP contribution in [0.15, 0.2) is 60.9 Å². The molecule has 1 N–H and O–H groups in total. The van der Waals surface area contributed by atoms with Crippen molar-refractivity contribution in [1.82, 2.24) is 25.0 Å². The third-order valence-electron chi connectivity index (χ3n) is 7.50. The highest BCUT2D eigenvalue weighted by Crippen LogP contribution is 2.30. The molecule has 0 radical (unpaired) electrons. The van der Waals surface area contributed by atoms with E-state index in [2.05, 4.69) is 10.1 Å². The summed E-state index contributed by atoms with van der Waals surface area (Å²) < 4.78 is 77.9. The number of amides is 2. The van der Waals surface area contributed by atoms with Crippen LogP contribution in [0, 0.1) is 6.92 Å². The molecule has 5 rings (SSSR count). The monoisotopic (exact) mass is 603 g/mol. The van der Waals surface area contributed by atoms with Gasteiger partial charge in [0.2, 0.25) is 0 Å². The Kier molecular flexibility index (Phi) is 8.17. The van der Waals surface area contributed by atoms with E-state index in [0.717, 1.165) is 31.5 Å². The number of carbonyl (C=O) groups is 2. The molecule has 0 spiro atoms. The number of hydrogen-bond acceptors (Lipinski definition) is 4. The van der Waals surface area contributed by atoms with E-state index in [0.29, 0.717) is 46.4 Å². The van der Waals surface area contributed by atoms with Gasteiger partial charge in [0.15, 0.2) is 0 Å². The van der Waals surface area contributed by atoms with Crippen molar-refractivity contribution < 1.29 is 35.9 Å². The van der Waals surface area contributed by atoms with Gasteiger partial charge in [0.1, 0.15) is 6.54 Å².